The van der Waals surface area contributed by atoms with Crippen LogP contribution in [0, 0.1) is 12.7 Å². The molecule has 1 aliphatic rings. The van der Waals surface area contributed by atoms with Gasteiger partial charge in [0.25, 0.3) is 11.8 Å². The van der Waals surface area contributed by atoms with Crippen LogP contribution in [0.1, 0.15) is 28.6 Å². The van der Waals surface area contributed by atoms with Gasteiger partial charge in [-0.2, -0.15) is 4.98 Å². The third-order valence-corrected chi connectivity index (χ3v) is 4.19. The summed E-state index contributed by atoms with van der Waals surface area (Å²) in [6, 6.07) is 5.98. The molecule has 1 aromatic carbocycles. The number of benzene rings is 1. The molecule has 1 atom stereocenters. The monoisotopic (exact) mass is 342 g/mol. The van der Waals surface area contributed by atoms with Crippen molar-refractivity contribution in [2.24, 2.45) is 0 Å². The van der Waals surface area contributed by atoms with E-state index in [9.17, 15) is 9.18 Å². The summed E-state index contributed by atoms with van der Waals surface area (Å²) in [5.74, 6) is 0.00679. The molecule has 4 rings (SSSR count). The van der Waals surface area contributed by atoms with E-state index in [1.165, 1.54) is 12.1 Å². The van der Waals surface area contributed by atoms with Crippen molar-refractivity contribution in [3.8, 4) is 11.6 Å². The molecule has 0 bridgehead atoms. The smallest absolute Gasteiger partial charge is 0.280 e. The molecule has 0 N–H and O–H groups in total. The van der Waals surface area contributed by atoms with Gasteiger partial charge in [-0.1, -0.05) is 22.5 Å². The highest BCUT2D eigenvalue weighted by Gasteiger charge is 2.30. The second-order valence-electron chi connectivity index (χ2n) is 5.90. The molecule has 25 heavy (non-hydrogen) atoms. The molecule has 0 unspecified atom stereocenters. The molecule has 2 aromatic heterocycles. The zero-order valence-corrected chi connectivity index (χ0v) is 13.5. The van der Waals surface area contributed by atoms with Crippen LogP contribution < -0.4 is 0 Å². The maximum absolute atomic E-state index is 13.8. The largest absolute Gasteiger partial charge is 0.336 e. The van der Waals surface area contributed by atoms with Gasteiger partial charge in [0.05, 0.1) is 17.8 Å². The number of nitrogens with zero attached hydrogens (tertiary/aromatic N) is 6. The van der Waals surface area contributed by atoms with Gasteiger partial charge in [-0.05, 0) is 25.5 Å². The second kappa shape index (κ2) is 6.08. The molecule has 3 heterocycles. The topological polar surface area (TPSA) is 89.9 Å². The van der Waals surface area contributed by atoms with Crippen LogP contribution in [0.5, 0.6) is 0 Å². The molecule has 128 valence electrons. The summed E-state index contributed by atoms with van der Waals surface area (Å²) in [7, 11) is 0. The van der Waals surface area contributed by atoms with Gasteiger partial charge in [0.2, 0.25) is 0 Å². The van der Waals surface area contributed by atoms with E-state index in [0.29, 0.717) is 36.9 Å². The molecule has 1 fully saturated rings. The third-order valence-electron chi connectivity index (χ3n) is 4.19. The lowest BCUT2D eigenvalue weighted by Gasteiger charge is -2.16. The van der Waals surface area contributed by atoms with Crippen LogP contribution in [-0.4, -0.2) is 49.0 Å². The number of aryl methyl sites for hydroxylation is 1. The van der Waals surface area contributed by atoms with Crippen LogP contribution in [0.2, 0.25) is 0 Å². The highest BCUT2D eigenvalue weighted by Crippen LogP contribution is 2.24. The minimum atomic E-state index is -0.509. The predicted octanol–water partition coefficient (Wildman–Crippen LogP) is 1.86. The van der Waals surface area contributed by atoms with Crippen LogP contribution in [0.3, 0.4) is 0 Å². The zero-order chi connectivity index (χ0) is 17.4. The zero-order valence-electron chi connectivity index (χ0n) is 13.5. The average molecular weight is 342 g/mol. The highest BCUT2D eigenvalue weighted by molar-refractivity contribution is 5.94. The van der Waals surface area contributed by atoms with Gasteiger partial charge in [0, 0.05) is 13.1 Å². The Morgan fingerprint density at radius 2 is 2.20 bits per heavy atom. The van der Waals surface area contributed by atoms with E-state index in [1.807, 2.05) is 0 Å². The summed E-state index contributed by atoms with van der Waals surface area (Å²) in [4.78, 5) is 18.2. The lowest BCUT2D eigenvalue weighted by molar-refractivity contribution is 0.0782. The summed E-state index contributed by atoms with van der Waals surface area (Å²) in [6.07, 6.45) is 2.43. The lowest BCUT2D eigenvalue weighted by atomic mass is 10.2. The Kier molecular flexibility index (Phi) is 3.75. The molecular weight excluding hydrogens is 327 g/mol. The third kappa shape index (κ3) is 2.88. The Labute approximate surface area is 142 Å². The van der Waals surface area contributed by atoms with E-state index in [-0.39, 0.29) is 17.5 Å². The Morgan fingerprint density at radius 3 is 2.96 bits per heavy atom. The number of amides is 1. The van der Waals surface area contributed by atoms with Crippen LogP contribution in [-0.2, 0) is 0 Å². The van der Waals surface area contributed by atoms with Crippen molar-refractivity contribution in [1.82, 2.24) is 30.0 Å². The van der Waals surface area contributed by atoms with Crippen molar-refractivity contribution in [1.29, 1.82) is 0 Å². The molecule has 1 aliphatic heterocycles. The Bertz CT molecular complexity index is 921. The van der Waals surface area contributed by atoms with Crippen molar-refractivity contribution in [3.63, 3.8) is 0 Å². The van der Waals surface area contributed by atoms with Gasteiger partial charge in [0.1, 0.15) is 5.82 Å². The van der Waals surface area contributed by atoms with Gasteiger partial charge in [-0.25, -0.2) is 9.07 Å². The molecule has 8 nitrogen and oxygen atoms in total. The van der Waals surface area contributed by atoms with Crippen LogP contribution in [0.4, 0.5) is 4.39 Å². The minimum Gasteiger partial charge on any atom is -0.336 e. The second-order valence-corrected chi connectivity index (χ2v) is 5.90. The number of aromatic nitrogens is 5. The van der Waals surface area contributed by atoms with Gasteiger partial charge < -0.3 is 9.42 Å². The molecule has 1 amide bonds. The number of hydrogen-bond donors (Lipinski definition) is 0. The molecule has 0 radical (unpaired) electrons. The van der Waals surface area contributed by atoms with E-state index in [0.717, 1.165) is 0 Å². The van der Waals surface area contributed by atoms with Gasteiger partial charge in [-0.15, -0.1) is 5.10 Å². The first-order chi connectivity index (χ1) is 12.1. The molecule has 9 heteroatoms. The molecule has 1 saturated heterocycles. The normalized spacial score (nSPS) is 17.2. The van der Waals surface area contributed by atoms with E-state index in [4.69, 9.17) is 4.52 Å². The van der Waals surface area contributed by atoms with E-state index >= 15 is 0 Å². The number of rotatable bonds is 3. The highest BCUT2D eigenvalue weighted by atomic mass is 19.1. The number of carbonyl (C=O) groups is 1. The van der Waals surface area contributed by atoms with Crippen molar-refractivity contribution in [2.45, 2.75) is 19.4 Å². The van der Waals surface area contributed by atoms with Gasteiger partial charge >= 0.3 is 0 Å². The Balaban J connectivity index is 1.49. The first-order valence-electron chi connectivity index (χ1n) is 7.88. The van der Waals surface area contributed by atoms with E-state index in [1.54, 1.807) is 34.8 Å². The summed E-state index contributed by atoms with van der Waals surface area (Å²) in [5, 5.41) is 11.9. The first kappa shape index (κ1) is 15.4. The summed E-state index contributed by atoms with van der Waals surface area (Å²) >= 11 is 0. The Hall–Kier alpha value is -3.10. The van der Waals surface area contributed by atoms with Gasteiger partial charge in [0.15, 0.2) is 11.5 Å². The van der Waals surface area contributed by atoms with Crippen molar-refractivity contribution in [2.75, 3.05) is 13.1 Å². The maximum atomic E-state index is 13.8. The van der Waals surface area contributed by atoms with E-state index < -0.39 is 5.82 Å². The minimum absolute atomic E-state index is 0.0269. The van der Waals surface area contributed by atoms with Crippen molar-refractivity contribution < 1.29 is 13.7 Å². The number of halogens is 1. The molecule has 0 spiro atoms. The quantitative estimate of drug-likeness (QED) is 0.722. The van der Waals surface area contributed by atoms with Crippen molar-refractivity contribution >= 4 is 5.91 Å². The van der Waals surface area contributed by atoms with Crippen molar-refractivity contribution in [3.05, 3.63) is 47.7 Å². The number of carbonyl (C=O) groups excluding carboxylic acids is 1. The molecular formula is C16H15FN6O2. The molecule has 3 aromatic rings. The SMILES string of the molecule is Cc1noc(-c2cn([C@H]3CCN(C(=O)c4ccccc4F)C3)nn2)n1. The fraction of sp³-hybridized carbons (Fsp3) is 0.312. The van der Waals surface area contributed by atoms with Crippen LogP contribution >= 0.6 is 0 Å². The predicted molar refractivity (Wildman–Crippen MR) is 84.0 cm³/mol. The fourth-order valence-corrected chi connectivity index (χ4v) is 2.90. The average Bonchev–Trinajstić information content (AvgIpc) is 3.34. The van der Waals surface area contributed by atoms with Gasteiger partial charge in [-0.3, -0.25) is 4.79 Å². The number of likely N-dealkylation sites (tertiary alicyclic amines) is 1. The summed E-state index contributed by atoms with van der Waals surface area (Å²) < 4.78 is 20.6. The Morgan fingerprint density at radius 1 is 1.36 bits per heavy atom. The van der Waals surface area contributed by atoms with E-state index in [2.05, 4.69) is 20.5 Å². The maximum Gasteiger partial charge on any atom is 0.280 e. The standard InChI is InChI=1S/C16H15FN6O2/c1-10-18-15(25-20-10)14-9-23(21-19-14)11-6-7-22(8-11)16(24)12-4-2-3-5-13(12)17/h2-5,9,11H,6-8H2,1H3/t11-/m0/s1. The van der Waals surface area contributed by atoms with Crippen LogP contribution in [0.15, 0.2) is 35.0 Å². The fourth-order valence-electron chi connectivity index (χ4n) is 2.90. The molecule has 0 aliphatic carbocycles. The lowest BCUT2D eigenvalue weighted by Crippen LogP contribution is -2.29. The summed E-state index contributed by atoms with van der Waals surface area (Å²) in [6.45, 7) is 2.70. The first-order valence-corrected chi connectivity index (χ1v) is 7.88. The van der Waals surface area contributed by atoms with Crippen LogP contribution in [0.25, 0.3) is 11.6 Å². The number of hydrogen-bond acceptors (Lipinski definition) is 6. The summed E-state index contributed by atoms with van der Waals surface area (Å²) in [5.41, 5.74) is 0.572. The molecule has 0 saturated carbocycles.